The monoisotopic (exact) mass is 218 g/mol. The van der Waals surface area contributed by atoms with Crippen molar-refractivity contribution in [2.45, 2.75) is 20.3 Å². The van der Waals surface area contributed by atoms with Gasteiger partial charge in [0.2, 0.25) is 0 Å². The molecule has 0 N–H and O–H groups in total. The van der Waals surface area contributed by atoms with Crippen molar-refractivity contribution in [3.05, 3.63) is 53.9 Å². The third kappa shape index (κ3) is 2.89. The van der Waals surface area contributed by atoms with Crippen LogP contribution in [0.25, 0.3) is 5.57 Å². The molecule has 0 saturated carbocycles. The lowest BCUT2D eigenvalue weighted by molar-refractivity contribution is -0.116. The first-order valence-electron chi connectivity index (χ1n) is 5.15. The maximum absolute atomic E-state index is 13.6. The van der Waals surface area contributed by atoms with Gasteiger partial charge in [-0.15, -0.1) is 0 Å². The summed E-state index contributed by atoms with van der Waals surface area (Å²) in [6, 6.07) is 4.90. The van der Waals surface area contributed by atoms with Crippen molar-refractivity contribution in [3.63, 3.8) is 0 Å². The second-order valence-electron chi connectivity index (χ2n) is 3.63. The van der Waals surface area contributed by atoms with E-state index in [-0.39, 0.29) is 18.0 Å². The van der Waals surface area contributed by atoms with Crippen molar-refractivity contribution in [1.82, 2.24) is 0 Å². The van der Waals surface area contributed by atoms with E-state index in [1.807, 2.05) is 13.0 Å². The Morgan fingerprint density at radius 2 is 2.19 bits per heavy atom. The Balaban J connectivity index is 3.08. The van der Waals surface area contributed by atoms with Crippen LogP contribution in [0, 0.1) is 5.82 Å². The highest BCUT2D eigenvalue weighted by Crippen LogP contribution is 2.19. The minimum absolute atomic E-state index is 0.0402. The molecule has 1 nitrogen and oxygen atoms in total. The van der Waals surface area contributed by atoms with E-state index in [9.17, 15) is 9.18 Å². The van der Waals surface area contributed by atoms with Crippen LogP contribution < -0.4 is 0 Å². The summed E-state index contributed by atoms with van der Waals surface area (Å²) in [6.07, 6.45) is 3.69. The highest BCUT2D eigenvalue weighted by molar-refractivity contribution is 5.79. The molecule has 0 aromatic heterocycles. The Labute approximate surface area is 95.3 Å². The molecular formula is C14H15FO. The lowest BCUT2D eigenvalue weighted by Gasteiger charge is -2.05. The zero-order valence-corrected chi connectivity index (χ0v) is 9.59. The molecule has 0 saturated heterocycles. The molecule has 2 heteroatoms. The molecule has 0 atom stereocenters. The van der Waals surface area contributed by atoms with E-state index in [1.54, 1.807) is 18.2 Å². The van der Waals surface area contributed by atoms with Gasteiger partial charge in [0.15, 0.2) is 0 Å². The van der Waals surface area contributed by atoms with E-state index in [2.05, 4.69) is 6.58 Å². The molecular weight excluding hydrogens is 203 g/mol. The predicted molar refractivity (Wildman–Crippen MR) is 64.6 cm³/mol. The van der Waals surface area contributed by atoms with E-state index >= 15 is 0 Å². The van der Waals surface area contributed by atoms with Gasteiger partial charge in [-0.2, -0.15) is 0 Å². The number of carbonyl (C=O) groups excluding carboxylic acids is 1. The molecule has 0 spiro atoms. The summed E-state index contributed by atoms with van der Waals surface area (Å²) in [5.74, 6) is -0.379. The summed E-state index contributed by atoms with van der Waals surface area (Å²) in [7, 11) is 0. The van der Waals surface area contributed by atoms with Crippen LogP contribution in [0.5, 0.6) is 0 Å². The van der Waals surface area contributed by atoms with Crippen LogP contribution in [0.15, 0.2) is 36.9 Å². The molecule has 0 aliphatic carbocycles. The Hall–Kier alpha value is -1.70. The van der Waals surface area contributed by atoms with Crippen molar-refractivity contribution in [2.24, 2.45) is 0 Å². The van der Waals surface area contributed by atoms with E-state index in [1.165, 1.54) is 13.0 Å². The number of allylic oxidation sites excluding steroid dienone is 3. The van der Waals surface area contributed by atoms with Gasteiger partial charge < -0.3 is 0 Å². The normalized spacial score (nSPS) is 11.3. The minimum Gasteiger partial charge on any atom is -0.300 e. The van der Waals surface area contributed by atoms with Crippen LogP contribution in [0.3, 0.4) is 0 Å². The van der Waals surface area contributed by atoms with Gasteiger partial charge in [-0.05, 0) is 36.6 Å². The number of ketones is 1. The first-order chi connectivity index (χ1) is 7.58. The average Bonchev–Trinajstić information content (AvgIpc) is 2.23. The topological polar surface area (TPSA) is 17.1 Å². The molecule has 0 aliphatic heterocycles. The van der Waals surface area contributed by atoms with Gasteiger partial charge in [-0.1, -0.05) is 30.9 Å². The van der Waals surface area contributed by atoms with Crippen LogP contribution in [-0.4, -0.2) is 5.78 Å². The lowest BCUT2D eigenvalue weighted by atomic mass is 10.0. The second kappa shape index (κ2) is 5.40. The molecule has 84 valence electrons. The summed E-state index contributed by atoms with van der Waals surface area (Å²) in [6.45, 7) is 6.99. The van der Waals surface area contributed by atoms with Crippen LogP contribution in [0.1, 0.15) is 25.0 Å². The number of hydrogen-bond acceptors (Lipinski definition) is 1. The van der Waals surface area contributed by atoms with Gasteiger partial charge in [-0.3, -0.25) is 4.79 Å². The highest BCUT2D eigenvalue weighted by Gasteiger charge is 2.06. The van der Waals surface area contributed by atoms with Crippen LogP contribution in [0.4, 0.5) is 4.39 Å². The van der Waals surface area contributed by atoms with Crippen molar-refractivity contribution in [2.75, 3.05) is 0 Å². The van der Waals surface area contributed by atoms with Crippen molar-refractivity contribution in [1.29, 1.82) is 0 Å². The molecule has 0 fully saturated rings. The quantitative estimate of drug-likeness (QED) is 0.706. The molecule has 0 amide bonds. The summed E-state index contributed by atoms with van der Waals surface area (Å²) in [5.41, 5.74) is 2.10. The first-order valence-corrected chi connectivity index (χ1v) is 5.15. The summed E-state index contributed by atoms with van der Waals surface area (Å²) >= 11 is 0. The van der Waals surface area contributed by atoms with Gasteiger partial charge in [0.05, 0.1) is 0 Å². The number of halogens is 1. The second-order valence-corrected chi connectivity index (χ2v) is 3.63. The standard InChI is InChI=1S/C14H15FO/c1-4-11(5-2)12-6-7-13(8-10(3)16)14(15)9-12/h4-7,9H,1,8H2,2-3H3/b11-5+. The molecule has 0 radical (unpaired) electrons. The number of carbonyl (C=O) groups is 1. The minimum atomic E-state index is -0.339. The van der Waals surface area contributed by atoms with E-state index in [0.717, 1.165) is 11.1 Å². The Morgan fingerprint density at radius 1 is 1.50 bits per heavy atom. The highest BCUT2D eigenvalue weighted by atomic mass is 19.1. The van der Waals surface area contributed by atoms with Crippen LogP contribution in [-0.2, 0) is 11.2 Å². The first kappa shape index (κ1) is 12.4. The average molecular weight is 218 g/mol. The number of Topliss-reactive ketones (excluding diaryl/α,β-unsaturated/α-hetero) is 1. The number of rotatable bonds is 4. The zero-order valence-electron chi connectivity index (χ0n) is 9.59. The van der Waals surface area contributed by atoms with E-state index in [4.69, 9.17) is 0 Å². The van der Waals surface area contributed by atoms with Crippen LogP contribution >= 0.6 is 0 Å². The maximum atomic E-state index is 13.6. The Morgan fingerprint density at radius 3 is 2.62 bits per heavy atom. The smallest absolute Gasteiger partial charge is 0.134 e. The molecule has 0 unspecified atom stereocenters. The summed E-state index contributed by atoms with van der Waals surface area (Å²) < 4.78 is 13.6. The summed E-state index contributed by atoms with van der Waals surface area (Å²) in [5, 5.41) is 0. The Bertz CT molecular complexity index is 444. The van der Waals surface area contributed by atoms with Gasteiger partial charge >= 0.3 is 0 Å². The van der Waals surface area contributed by atoms with Crippen molar-refractivity contribution >= 4 is 11.4 Å². The predicted octanol–water partition coefficient (Wildman–Crippen LogP) is 3.55. The number of hydrogen-bond donors (Lipinski definition) is 0. The fourth-order valence-corrected chi connectivity index (χ4v) is 1.54. The molecule has 1 aromatic carbocycles. The van der Waals surface area contributed by atoms with Crippen molar-refractivity contribution < 1.29 is 9.18 Å². The molecule has 0 heterocycles. The van der Waals surface area contributed by atoms with E-state index < -0.39 is 0 Å². The largest absolute Gasteiger partial charge is 0.300 e. The fourth-order valence-electron chi connectivity index (χ4n) is 1.54. The molecule has 0 aliphatic rings. The molecule has 16 heavy (non-hydrogen) atoms. The SMILES string of the molecule is C=C/C(=C\C)c1ccc(CC(C)=O)c(F)c1. The van der Waals surface area contributed by atoms with Crippen LogP contribution in [0.2, 0.25) is 0 Å². The van der Waals surface area contributed by atoms with Gasteiger partial charge in [-0.25, -0.2) is 4.39 Å². The van der Waals surface area contributed by atoms with Gasteiger partial charge in [0.1, 0.15) is 11.6 Å². The molecule has 0 bridgehead atoms. The fraction of sp³-hybridized carbons (Fsp3) is 0.214. The Kier molecular flexibility index (Phi) is 4.18. The van der Waals surface area contributed by atoms with Crippen molar-refractivity contribution in [3.8, 4) is 0 Å². The van der Waals surface area contributed by atoms with Gasteiger partial charge in [0, 0.05) is 6.42 Å². The summed E-state index contributed by atoms with van der Waals surface area (Å²) in [4.78, 5) is 10.9. The van der Waals surface area contributed by atoms with Gasteiger partial charge in [0.25, 0.3) is 0 Å². The maximum Gasteiger partial charge on any atom is 0.134 e. The third-order valence-electron chi connectivity index (χ3n) is 2.36. The molecule has 1 aromatic rings. The lowest BCUT2D eigenvalue weighted by Crippen LogP contribution is -1.99. The third-order valence-corrected chi connectivity index (χ3v) is 2.36. The zero-order chi connectivity index (χ0) is 12.1. The van der Waals surface area contributed by atoms with E-state index in [0.29, 0.717) is 5.56 Å². The number of benzene rings is 1. The molecule has 1 rings (SSSR count).